The van der Waals surface area contributed by atoms with Crippen LogP contribution in [0.3, 0.4) is 0 Å². The van der Waals surface area contributed by atoms with Crippen LogP contribution < -0.4 is 0 Å². The van der Waals surface area contributed by atoms with E-state index in [1.54, 1.807) is 0 Å². The molecule has 17 heavy (non-hydrogen) atoms. The third-order valence-electron chi connectivity index (χ3n) is 3.14. The summed E-state index contributed by atoms with van der Waals surface area (Å²) in [5, 5.41) is 10.1. The fourth-order valence-electron chi connectivity index (χ4n) is 2.20. The number of hydrogen-bond acceptors (Lipinski definition) is 4. The van der Waals surface area contributed by atoms with Crippen LogP contribution in [0.5, 0.6) is 0 Å². The normalized spacial score (nSPS) is 24.8. The summed E-state index contributed by atoms with van der Waals surface area (Å²) in [5.41, 5.74) is -0.148. The molecule has 1 aliphatic heterocycles. The zero-order chi connectivity index (χ0) is 12.3. The standard InChI is InChI=1S/C13H17NO3/c1-17-12(15)13(16)7-8-14(10-13)9-11-5-3-2-4-6-11/h2-6,16H,7-10H2,1H3/t13-/m1/s1. The third-order valence-corrected chi connectivity index (χ3v) is 3.14. The van der Waals surface area contributed by atoms with Crippen molar-refractivity contribution in [3.8, 4) is 0 Å². The molecule has 0 bridgehead atoms. The van der Waals surface area contributed by atoms with Crippen molar-refractivity contribution in [3.63, 3.8) is 0 Å². The van der Waals surface area contributed by atoms with E-state index in [-0.39, 0.29) is 0 Å². The molecule has 1 N–H and O–H groups in total. The fourth-order valence-corrected chi connectivity index (χ4v) is 2.20. The van der Waals surface area contributed by atoms with Crippen LogP contribution in [0.1, 0.15) is 12.0 Å². The van der Waals surface area contributed by atoms with Gasteiger partial charge < -0.3 is 9.84 Å². The number of benzene rings is 1. The molecular formula is C13H17NO3. The second-order valence-electron chi connectivity index (χ2n) is 4.47. The van der Waals surface area contributed by atoms with E-state index < -0.39 is 11.6 Å². The molecule has 2 rings (SSSR count). The number of methoxy groups -OCH3 is 1. The zero-order valence-corrected chi connectivity index (χ0v) is 9.93. The van der Waals surface area contributed by atoms with Gasteiger partial charge >= 0.3 is 5.97 Å². The first kappa shape index (κ1) is 12.1. The van der Waals surface area contributed by atoms with Crippen molar-refractivity contribution < 1.29 is 14.6 Å². The first-order valence-corrected chi connectivity index (χ1v) is 5.71. The van der Waals surface area contributed by atoms with Gasteiger partial charge in [0.2, 0.25) is 0 Å². The number of carbonyl (C=O) groups excluding carboxylic acids is 1. The summed E-state index contributed by atoms with van der Waals surface area (Å²) in [4.78, 5) is 13.5. The first-order chi connectivity index (χ1) is 8.14. The Kier molecular flexibility index (Phi) is 3.45. The van der Waals surface area contributed by atoms with Crippen LogP contribution in [-0.2, 0) is 16.1 Å². The Bertz CT molecular complexity index is 393. The predicted octanol–water partition coefficient (Wildman–Crippen LogP) is 0.796. The average molecular weight is 235 g/mol. The highest BCUT2D eigenvalue weighted by atomic mass is 16.5. The Morgan fingerprint density at radius 1 is 1.47 bits per heavy atom. The van der Waals surface area contributed by atoms with Crippen LogP contribution in [-0.4, -0.2) is 41.8 Å². The number of likely N-dealkylation sites (tertiary alicyclic amines) is 1. The van der Waals surface area contributed by atoms with Gasteiger partial charge in [0.25, 0.3) is 0 Å². The lowest BCUT2D eigenvalue weighted by Gasteiger charge is -2.20. The molecule has 1 fully saturated rings. The minimum absolute atomic E-state index is 0.342. The Labute approximate surface area is 101 Å². The molecule has 0 aromatic heterocycles. The van der Waals surface area contributed by atoms with Gasteiger partial charge in [-0.2, -0.15) is 0 Å². The third kappa shape index (κ3) is 2.65. The molecule has 1 saturated heterocycles. The van der Waals surface area contributed by atoms with Gasteiger partial charge in [0.05, 0.1) is 7.11 Å². The maximum absolute atomic E-state index is 11.4. The van der Waals surface area contributed by atoms with Gasteiger partial charge in [-0.15, -0.1) is 0 Å². The van der Waals surface area contributed by atoms with Crippen LogP contribution in [0.25, 0.3) is 0 Å². The zero-order valence-electron chi connectivity index (χ0n) is 9.93. The Balaban J connectivity index is 1.97. The van der Waals surface area contributed by atoms with Crippen LogP contribution >= 0.6 is 0 Å². The Hall–Kier alpha value is -1.39. The SMILES string of the molecule is COC(=O)[C@@]1(O)CCN(Cc2ccccc2)C1. The van der Waals surface area contributed by atoms with Crippen molar-refractivity contribution in [1.29, 1.82) is 0 Å². The molecule has 1 aromatic carbocycles. The lowest BCUT2D eigenvalue weighted by Crippen LogP contribution is -2.42. The number of carbonyl (C=O) groups is 1. The number of hydrogen-bond donors (Lipinski definition) is 1. The number of aliphatic hydroxyl groups is 1. The Morgan fingerprint density at radius 3 is 2.82 bits per heavy atom. The van der Waals surface area contributed by atoms with Gasteiger partial charge in [-0.1, -0.05) is 30.3 Å². The number of esters is 1. The van der Waals surface area contributed by atoms with Crippen molar-refractivity contribution >= 4 is 5.97 Å². The molecule has 0 amide bonds. The molecule has 0 aliphatic carbocycles. The minimum atomic E-state index is -1.33. The summed E-state index contributed by atoms with van der Waals surface area (Å²) in [5.74, 6) is -0.534. The molecule has 1 aliphatic rings. The summed E-state index contributed by atoms with van der Waals surface area (Å²) in [6, 6.07) is 10.0. The Morgan fingerprint density at radius 2 is 2.18 bits per heavy atom. The topological polar surface area (TPSA) is 49.8 Å². The molecule has 0 unspecified atom stereocenters. The second kappa shape index (κ2) is 4.85. The molecule has 92 valence electrons. The van der Waals surface area contributed by atoms with Crippen LogP contribution in [0.2, 0.25) is 0 Å². The van der Waals surface area contributed by atoms with Gasteiger partial charge in [0, 0.05) is 26.1 Å². The molecule has 0 radical (unpaired) electrons. The van der Waals surface area contributed by atoms with E-state index in [1.807, 2.05) is 30.3 Å². The quantitative estimate of drug-likeness (QED) is 0.787. The molecule has 1 heterocycles. The molecular weight excluding hydrogens is 218 g/mol. The predicted molar refractivity (Wildman–Crippen MR) is 63.3 cm³/mol. The van der Waals surface area contributed by atoms with Gasteiger partial charge in [0.1, 0.15) is 0 Å². The average Bonchev–Trinajstić information content (AvgIpc) is 2.72. The molecule has 4 nitrogen and oxygen atoms in total. The van der Waals surface area contributed by atoms with Crippen LogP contribution in [0, 0.1) is 0 Å². The molecule has 1 aromatic rings. The molecule has 1 atom stereocenters. The highest BCUT2D eigenvalue weighted by Crippen LogP contribution is 2.23. The van der Waals surface area contributed by atoms with E-state index in [2.05, 4.69) is 9.64 Å². The monoisotopic (exact) mass is 235 g/mol. The van der Waals surface area contributed by atoms with Crippen molar-refractivity contribution in [1.82, 2.24) is 4.90 Å². The van der Waals surface area contributed by atoms with E-state index in [0.717, 1.165) is 6.54 Å². The van der Waals surface area contributed by atoms with E-state index in [4.69, 9.17) is 0 Å². The van der Waals surface area contributed by atoms with Crippen LogP contribution in [0.15, 0.2) is 30.3 Å². The second-order valence-corrected chi connectivity index (χ2v) is 4.47. The largest absolute Gasteiger partial charge is 0.467 e. The number of rotatable bonds is 3. The van der Waals surface area contributed by atoms with E-state index >= 15 is 0 Å². The molecule has 4 heteroatoms. The summed E-state index contributed by atoms with van der Waals surface area (Å²) >= 11 is 0. The fraction of sp³-hybridized carbons (Fsp3) is 0.462. The van der Waals surface area contributed by atoms with E-state index in [1.165, 1.54) is 12.7 Å². The van der Waals surface area contributed by atoms with Gasteiger partial charge in [-0.3, -0.25) is 4.90 Å². The summed E-state index contributed by atoms with van der Waals surface area (Å²) in [6.45, 7) is 1.80. The number of nitrogens with zero attached hydrogens (tertiary/aromatic N) is 1. The minimum Gasteiger partial charge on any atom is -0.467 e. The highest BCUT2D eigenvalue weighted by molar-refractivity contribution is 5.79. The van der Waals surface area contributed by atoms with E-state index in [9.17, 15) is 9.90 Å². The number of ether oxygens (including phenoxy) is 1. The first-order valence-electron chi connectivity index (χ1n) is 5.71. The smallest absolute Gasteiger partial charge is 0.339 e. The summed E-state index contributed by atoms with van der Waals surface area (Å²) in [7, 11) is 1.31. The van der Waals surface area contributed by atoms with Crippen LogP contribution in [0.4, 0.5) is 0 Å². The lowest BCUT2D eigenvalue weighted by molar-refractivity contribution is -0.160. The molecule has 0 spiro atoms. The maximum Gasteiger partial charge on any atom is 0.339 e. The lowest BCUT2D eigenvalue weighted by atomic mass is 10.0. The summed E-state index contributed by atoms with van der Waals surface area (Å²) < 4.78 is 4.62. The van der Waals surface area contributed by atoms with Gasteiger partial charge in [0.15, 0.2) is 5.60 Å². The molecule has 0 saturated carbocycles. The van der Waals surface area contributed by atoms with E-state index in [0.29, 0.717) is 19.5 Å². The van der Waals surface area contributed by atoms with Gasteiger partial charge in [-0.05, 0) is 5.56 Å². The van der Waals surface area contributed by atoms with Gasteiger partial charge in [-0.25, -0.2) is 4.79 Å². The number of β-amino-alcohol motifs (C(OH)–C–C–N with tert-alkyl or cyclic N) is 1. The highest BCUT2D eigenvalue weighted by Gasteiger charge is 2.43. The van der Waals surface area contributed by atoms with Crippen molar-refractivity contribution in [3.05, 3.63) is 35.9 Å². The van der Waals surface area contributed by atoms with Crippen molar-refractivity contribution in [2.45, 2.75) is 18.6 Å². The maximum atomic E-state index is 11.4. The summed E-state index contributed by atoms with van der Waals surface area (Å²) in [6.07, 6.45) is 0.437. The van der Waals surface area contributed by atoms with Crippen molar-refractivity contribution in [2.75, 3.05) is 20.2 Å². The van der Waals surface area contributed by atoms with Crippen molar-refractivity contribution in [2.24, 2.45) is 0 Å².